The normalized spacial score (nSPS) is 10.3. The summed E-state index contributed by atoms with van der Waals surface area (Å²) in [6.07, 6.45) is 1.03. The van der Waals surface area contributed by atoms with Crippen LogP contribution in [0.2, 0.25) is 5.02 Å². The number of hydrogen-bond acceptors (Lipinski definition) is 5. The molecular formula is C11H8ClFN4O2S. The highest BCUT2D eigenvalue weighted by molar-refractivity contribution is 7.99. The van der Waals surface area contributed by atoms with Crippen LogP contribution in [-0.2, 0) is 4.79 Å². The molecule has 0 fully saturated rings. The maximum absolute atomic E-state index is 12.9. The summed E-state index contributed by atoms with van der Waals surface area (Å²) in [5.74, 6) is -0.885. The zero-order valence-corrected chi connectivity index (χ0v) is 11.5. The number of carbonyl (C=O) groups is 1. The van der Waals surface area contributed by atoms with E-state index < -0.39 is 11.4 Å². The summed E-state index contributed by atoms with van der Waals surface area (Å²) in [5.41, 5.74) is -0.0112. The molecule has 0 atom stereocenters. The predicted octanol–water partition coefficient (Wildman–Crippen LogP) is 1.69. The van der Waals surface area contributed by atoms with E-state index in [0.717, 1.165) is 24.0 Å². The Morgan fingerprint density at radius 3 is 3.00 bits per heavy atom. The number of carbonyl (C=O) groups excluding carboxylic acids is 1. The molecule has 2 N–H and O–H groups in total. The number of nitrogens with zero attached hydrogens (tertiary/aromatic N) is 2. The Kier molecular flexibility index (Phi) is 4.70. The van der Waals surface area contributed by atoms with Crippen LogP contribution in [0.3, 0.4) is 0 Å². The lowest BCUT2D eigenvalue weighted by atomic mass is 10.3. The average Bonchev–Trinajstić information content (AvgIpc) is 2.41. The summed E-state index contributed by atoms with van der Waals surface area (Å²) in [5, 5.41) is 9.82. The first-order chi connectivity index (χ1) is 9.54. The molecule has 2 rings (SSSR count). The number of halogens is 2. The second-order valence-corrected chi connectivity index (χ2v) is 4.98. The number of aromatic nitrogens is 3. The van der Waals surface area contributed by atoms with Crippen molar-refractivity contribution in [2.75, 3.05) is 11.1 Å². The minimum Gasteiger partial charge on any atom is -0.325 e. The smallest absolute Gasteiger partial charge is 0.270 e. The van der Waals surface area contributed by atoms with Gasteiger partial charge in [0.15, 0.2) is 5.16 Å². The Labute approximate surface area is 121 Å². The molecule has 0 spiro atoms. The van der Waals surface area contributed by atoms with Crippen molar-refractivity contribution in [3.05, 3.63) is 45.6 Å². The fourth-order valence-corrected chi connectivity index (χ4v) is 2.06. The van der Waals surface area contributed by atoms with Crippen LogP contribution in [0, 0.1) is 5.82 Å². The number of aromatic amines is 1. The zero-order valence-electron chi connectivity index (χ0n) is 9.89. The summed E-state index contributed by atoms with van der Waals surface area (Å²) in [6, 6.07) is 3.86. The number of benzene rings is 1. The van der Waals surface area contributed by atoms with Gasteiger partial charge in [0.25, 0.3) is 5.56 Å². The lowest BCUT2D eigenvalue weighted by Crippen LogP contribution is -2.15. The molecule has 1 aromatic heterocycles. The second kappa shape index (κ2) is 6.49. The van der Waals surface area contributed by atoms with Crippen LogP contribution < -0.4 is 10.9 Å². The van der Waals surface area contributed by atoms with E-state index in [0.29, 0.717) is 5.69 Å². The lowest BCUT2D eigenvalue weighted by Gasteiger charge is -2.05. The van der Waals surface area contributed by atoms with Crippen molar-refractivity contribution in [1.29, 1.82) is 0 Å². The summed E-state index contributed by atoms with van der Waals surface area (Å²) in [4.78, 5) is 25.1. The molecule has 0 unspecified atom stereocenters. The van der Waals surface area contributed by atoms with Crippen molar-refractivity contribution in [3.8, 4) is 0 Å². The van der Waals surface area contributed by atoms with Crippen molar-refractivity contribution < 1.29 is 9.18 Å². The van der Waals surface area contributed by atoms with Gasteiger partial charge in [0.05, 0.1) is 10.8 Å². The third-order valence-corrected chi connectivity index (χ3v) is 3.25. The SMILES string of the molecule is O=C(CSc1nncc(=O)[nH]1)Nc1ccc(F)c(Cl)c1. The maximum Gasteiger partial charge on any atom is 0.270 e. The van der Waals surface area contributed by atoms with E-state index in [1.54, 1.807) is 0 Å². The third-order valence-electron chi connectivity index (χ3n) is 2.10. The zero-order chi connectivity index (χ0) is 14.5. The summed E-state index contributed by atoms with van der Waals surface area (Å²) < 4.78 is 12.9. The molecule has 6 nitrogen and oxygen atoms in total. The topological polar surface area (TPSA) is 87.7 Å². The molecule has 0 radical (unpaired) electrons. The van der Waals surface area contributed by atoms with Gasteiger partial charge >= 0.3 is 0 Å². The third kappa shape index (κ3) is 4.04. The van der Waals surface area contributed by atoms with E-state index in [1.807, 2.05) is 0 Å². The minimum atomic E-state index is -0.559. The Bertz CT molecular complexity index is 694. The van der Waals surface area contributed by atoms with E-state index in [9.17, 15) is 14.0 Å². The van der Waals surface area contributed by atoms with Gasteiger partial charge in [-0.25, -0.2) is 4.39 Å². The minimum absolute atomic E-state index is 0.0175. The Balaban J connectivity index is 1.92. The van der Waals surface area contributed by atoms with E-state index in [2.05, 4.69) is 20.5 Å². The van der Waals surface area contributed by atoms with Gasteiger partial charge in [-0.2, -0.15) is 5.10 Å². The molecule has 1 aromatic carbocycles. The van der Waals surface area contributed by atoms with E-state index >= 15 is 0 Å². The number of H-pyrrole nitrogens is 1. The standard InChI is InChI=1S/C11H8ClFN4O2S/c12-7-3-6(1-2-8(7)13)15-10(19)5-20-11-16-9(18)4-14-17-11/h1-4H,5H2,(H,15,19)(H,16,17,18). The molecule has 0 saturated heterocycles. The first kappa shape index (κ1) is 14.5. The molecule has 1 heterocycles. The fourth-order valence-electron chi connectivity index (χ4n) is 1.27. The number of nitrogens with one attached hydrogen (secondary N) is 2. The van der Waals surface area contributed by atoms with Crippen LogP contribution in [-0.4, -0.2) is 26.8 Å². The van der Waals surface area contributed by atoms with Crippen LogP contribution in [0.25, 0.3) is 0 Å². The van der Waals surface area contributed by atoms with Gasteiger partial charge < -0.3 is 5.32 Å². The number of rotatable bonds is 4. The molecule has 0 bridgehead atoms. The predicted molar refractivity (Wildman–Crippen MR) is 73.4 cm³/mol. The lowest BCUT2D eigenvalue weighted by molar-refractivity contribution is -0.113. The van der Waals surface area contributed by atoms with Crippen molar-refractivity contribution in [2.45, 2.75) is 5.16 Å². The molecule has 9 heteroatoms. The maximum atomic E-state index is 12.9. The molecule has 0 saturated carbocycles. The molecular weight excluding hydrogens is 307 g/mol. The molecule has 0 aliphatic heterocycles. The van der Waals surface area contributed by atoms with Gasteiger partial charge in [-0.3, -0.25) is 14.6 Å². The van der Waals surface area contributed by atoms with Crippen molar-refractivity contribution in [1.82, 2.24) is 15.2 Å². The highest BCUT2D eigenvalue weighted by atomic mass is 35.5. The highest BCUT2D eigenvalue weighted by Gasteiger charge is 2.07. The van der Waals surface area contributed by atoms with E-state index in [4.69, 9.17) is 11.6 Å². The molecule has 2 aromatic rings. The Morgan fingerprint density at radius 1 is 1.50 bits per heavy atom. The van der Waals surface area contributed by atoms with E-state index in [1.165, 1.54) is 12.1 Å². The summed E-state index contributed by atoms with van der Waals surface area (Å²) >= 11 is 6.62. The van der Waals surface area contributed by atoms with Gasteiger partial charge in [0.1, 0.15) is 12.0 Å². The van der Waals surface area contributed by atoms with Crippen LogP contribution >= 0.6 is 23.4 Å². The number of hydrogen-bond donors (Lipinski definition) is 2. The van der Waals surface area contributed by atoms with Crippen molar-refractivity contribution >= 4 is 35.0 Å². The first-order valence-electron chi connectivity index (χ1n) is 5.34. The van der Waals surface area contributed by atoms with Crippen molar-refractivity contribution in [2.24, 2.45) is 0 Å². The Hall–Kier alpha value is -1.93. The van der Waals surface area contributed by atoms with Gasteiger partial charge in [-0.1, -0.05) is 23.4 Å². The second-order valence-electron chi connectivity index (χ2n) is 3.60. The summed E-state index contributed by atoms with van der Waals surface area (Å²) in [6.45, 7) is 0. The molecule has 0 aliphatic carbocycles. The van der Waals surface area contributed by atoms with Crippen LogP contribution in [0.1, 0.15) is 0 Å². The monoisotopic (exact) mass is 314 g/mol. The number of thioether (sulfide) groups is 1. The van der Waals surface area contributed by atoms with Crippen molar-refractivity contribution in [3.63, 3.8) is 0 Å². The molecule has 1 amide bonds. The molecule has 104 valence electrons. The van der Waals surface area contributed by atoms with Gasteiger partial charge in [0.2, 0.25) is 5.91 Å². The van der Waals surface area contributed by atoms with Crippen LogP contribution in [0.4, 0.5) is 10.1 Å². The van der Waals surface area contributed by atoms with Gasteiger partial charge in [-0.05, 0) is 18.2 Å². The Morgan fingerprint density at radius 2 is 2.30 bits per heavy atom. The largest absolute Gasteiger partial charge is 0.325 e. The average molecular weight is 315 g/mol. The fraction of sp³-hybridized carbons (Fsp3) is 0.0909. The van der Waals surface area contributed by atoms with Gasteiger partial charge in [-0.15, -0.1) is 5.10 Å². The number of anilines is 1. The quantitative estimate of drug-likeness (QED) is 0.838. The van der Waals surface area contributed by atoms with Crippen LogP contribution in [0.15, 0.2) is 34.3 Å². The summed E-state index contributed by atoms with van der Waals surface area (Å²) in [7, 11) is 0. The molecule has 0 aliphatic rings. The van der Waals surface area contributed by atoms with Gasteiger partial charge in [0, 0.05) is 5.69 Å². The van der Waals surface area contributed by atoms with Crippen LogP contribution in [0.5, 0.6) is 0 Å². The highest BCUT2D eigenvalue weighted by Crippen LogP contribution is 2.19. The first-order valence-corrected chi connectivity index (χ1v) is 6.70. The number of amides is 1. The van der Waals surface area contributed by atoms with E-state index in [-0.39, 0.29) is 21.8 Å². The molecule has 20 heavy (non-hydrogen) atoms.